The Kier molecular flexibility index (Phi) is 5.30. The van der Waals surface area contributed by atoms with Gasteiger partial charge in [-0.15, -0.1) is 0 Å². The summed E-state index contributed by atoms with van der Waals surface area (Å²) in [6, 6.07) is 0.0146. The highest BCUT2D eigenvalue weighted by Gasteiger charge is 2.29. The fourth-order valence-electron chi connectivity index (χ4n) is 1.98. The summed E-state index contributed by atoms with van der Waals surface area (Å²) in [6.45, 7) is 4.45. The van der Waals surface area contributed by atoms with E-state index in [4.69, 9.17) is 0 Å². The summed E-state index contributed by atoms with van der Waals surface area (Å²) in [5, 5.41) is 9.55. The van der Waals surface area contributed by atoms with Crippen LogP contribution in [0.25, 0.3) is 0 Å². The van der Waals surface area contributed by atoms with Gasteiger partial charge in [0.15, 0.2) is 5.03 Å². The van der Waals surface area contributed by atoms with Gasteiger partial charge in [-0.2, -0.15) is 9.40 Å². The molecule has 0 bridgehead atoms. The molecule has 0 saturated carbocycles. The Morgan fingerprint density at radius 2 is 2.06 bits per heavy atom. The van der Waals surface area contributed by atoms with E-state index in [9.17, 15) is 8.42 Å². The molecule has 6 nitrogen and oxygen atoms in total. The van der Waals surface area contributed by atoms with E-state index in [2.05, 4.69) is 15.5 Å². The van der Waals surface area contributed by atoms with E-state index < -0.39 is 10.0 Å². The van der Waals surface area contributed by atoms with Crippen LogP contribution >= 0.6 is 0 Å². The lowest BCUT2D eigenvalue weighted by Crippen LogP contribution is -2.37. The Bertz CT molecular complexity index is 465. The van der Waals surface area contributed by atoms with Gasteiger partial charge in [-0.1, -0.05) is 13.8 Å². The summed E-state index contributed by atoms with van der Waals surface area (Å²) in [7, 11) is -0.103. The first-order valence-corrected chi connectivity index (χ1v) is 7.57. The zero-order chi connectivity index (χ0) is 13.8. The Labute approximate surface area is 109 Å². The number of hydrogen-bond donors (Lipinski definition) is 2. The van der Waals surface area contributed by atoms with Crippen LogP contribution in [0.4, 0.5) is 0 Å². The maximum Gasteiger partial charge on any atom is 0.260 e. The van der Waals surface area contributed by atoms with Crippen molar-refractivity contribution in [2.75, 3.05) is 14.1 Å². The molecule has 2 N–H and O–H groups in total. The van der Waals surface area contributed by atoms with E-state index in [-0.39, 0.29) is 11.1 Å². The van der Waals surface area contributed by atoms with E-state index >= 15 is 0 Å². The molecule has 0 aliphatic heterocycles. The molecule has 0 aliphatic carbocycles. The second kappa shape index (κ2) is 6.31. The maximum absolute atomic E-state index is 12.5. The highest BCUT2D eigenvalue weighted by molar-refractivity contribution is 7.89. The fourth-order valence-corrected chi connectivity index (χ4v) is 3.59. The molecule has 104 valence electrons. The van der Waals surface area contributed by atoms with Gasteiger partial charge in [-0.25, -0.2) is 8.42 Å². The van der Waals surface area contributed by atoms with Crippen LogP contribution in [0.15, 0.2) is 11.2 Å². The van der Waals surface area contributed by atoms with E-state index in [1.54, 1.807) is 20.3 Å². The second-order valence-electron chi connectivity index (χ2n) is 4.25. The number of sulfonamides is 1. The third kappa shape index (κ3) is 2.90. The molecule has 1 heterocycles. The van der Waals surface area contributed by atoms with E-state index in [0.717, 1.165) is 12.8 Å². The summed E-state index contributed by atoms with van der Waals surface area (Å²) in [5.74, 6) is 0. The molecule has 0 spiro atoms. The number of rotatable bonds is 7. The van der Waals surface area contributed by atoms with Crippen molar-refractivity contribution in [3.8, 4) is 0 Å². The number of hydrogen-bond acceptors (Lipinski definition) is 4. The summed E-state index contributed by atoms with van der Waals surface area (Å²) in [6.07, 6.45) is 3.13. The minimum Gasteiger partial charge on any atom is -0.316 e. The quantitative estimate of drug-likeness (QED) is 0.775. The number of H-pyrrole nitrogens is 1. The van der Waals surface area contributed by atoms with E-state index in [1.165, 1.54) is 4.31 Å². The first-order chi connectivity index (χ1) is 8.48. The third-order valence-electron chi connectivity index (χ3n) is 3.14. The molecule has 0 saturated heterocycles. The SMILES string of the molecule is CCC(CC)N(C)S(=O)(=O)c1[nH]ncc1CNC. The van der Waals surface area contributed by atoms with Crippen LogP contribution in [-0.4, -0.2) is 43.1 Å². The van der Waals surface area contributed by atoms with E-state index in [1.807, 2.05) is 13.8 Å². The zero-order valence-electron chi connectivity index (χ0n) is 11.4. The van der Waals surface area contributed by atoms with Crippen molar-refractivity contribution < 1.29 is 8.42 Å². The van der Waals surface area contributed by atoms with Crippen molar-refractivity contribution in [2.45, 2.75) is 44.3 Å². The lowest BCUT2D eigenvalue weighted by atomic mass is 10.2. The summed E-state index contributed by atoms with van der Waals surface area (Å²) in [4.78, 5) is 0. The molecule has 1 aromatic rings. The average molecular weight is 274 g/mol. The van der Waals surface area contributed by atoms with Crippen LogP contribution in [0.5, 0.6) is 0 Å². The minimum absolute atomic E-state index is 0.0146. The highest BCUT2D eigenvalue weighted by atomic mass is 32.2. The molecule has 1 rings (SSSR count). The molecular weight excluding hydrogens is 252 g/mol. The average Bonchev–Trinajstić information content (AvgIpc) is 2.80. The van der Waals surface area contributed by atoms with Crippen molar-refractivity contribution in [1.82, 2.24) is 19.8 Å². The molecule has 0 unspecified atom stereocenters. The summed E-state index contributed by atoms with van der Waals surface area (Å²) in [5.41, 5.74) is 0.662. The number of aromatic amines is 1. The predicted molar refractivity (Wildman–Crippen MR) is 70.7 cm³/mol. The van der Waals surface area contributed by atoms with Crippen molar-refractivity contribution in [3.05, 3.63) is 11.8 Å². The second-order valence-corrected chi connectivity index (χ2v) is 6.18. The molecule has 0 aromatic carbocycles. The molecule has 0 amide bonds. The lowest BCUT2D eigenvalue weighted by molar-refractivity contribution is 0.348. The Morgan fingerprint density at radius 3 is 2.56 bits per heavy atom. The maximum atomic E-state index is 12.5. The normalized spacial score (nSPS) is 12.6. The van der Waals surface area contributed by atoms with Crippen LogP contribution < -0.4 is 5.32 Å². The number of aromatic nitrogens is 2. The van der Waals surface area contributed by atoms with Crippen molar-refractivity contribution in [2.24, 2.45) is 0 Å². The smallest absolute Gasteiger partial charge is 0.260 e. The van der Waals surface area contributed by atoms with Crippen LogP contribution in [0.2, 0.25) is 0 Å². The van der Waals surface area contributed by atoms with Gasteiger partial charge in [0.2, 0.25) is 0 Å². The predicted octanol–water partition coefficient (Wildman–Crippen LogP) is 0.938. The molecule has 18 heavy (non-hydrogen) atoms. The van der Waals surface area contributed by atoms with Gasteiger partial charge in [0.05, 0.1) is 6.20 Å². The van der Waals surface area contributed by atoms with Crippen LogP contribution in [-0.2, 0) is 16.6 Å². The fraction of sp³-hybridized carbons (Fsp3) is 0.727. The molecule has 0 atom stereocenters. The minimum atomic E-state index is -3.50. The van der Waals surface area contributed by atoms with E-state index in [0.29, 0.717) is 12.1 Å². The number of nitrogens with zero attached hydrogens (tertiary/aromatic N) is 2. The van der Waals surface area contributed by atoms with Gasteiger partial charge in [0, 0.05) is 25.2 Å². The van der Waals surface area contributed by atoms with Gasteiger partial charge in [-0.3, -0.25) is 5.10 Å². The Hall–Kier alpha value is -0.920. The Balaban J connectivity index is 3.08. The standard InChI is InChI=1S/C11H22N4O2S/c1-5-10(6-2)15(4)18(16,17)11-9(7-12-3)8-13-14-11/h8,10,12H,5-7H2,1-4H3,(H,13,14). The van der Waals surface area contributed by atoms with Gasteiger partial charge < -0.3 is 5.32 Å². The first kappa shape index (κ1) is 15.1. The van der Waals surface area contributed by atoms with Crippen molar-refractivity contribution in [3.63, 3.8) is 0 Å². The first-order valence-electron chi connectivity index (χ1n) is 6.13. The third-order valence-corrected chi connectivity index (χ3v) is 5.06. The Morgan fingerprint density at radius 1 is 1.44 bits per heavy atom. The van der Waals surface area contributed by atoms with Gasteiger partial charge in [-0.05, 0) is 19.9 Å². The molecule has 7 heteroatoms. The largest absolute Gasteiger partial charge is 0.316 e. The highest BCUT2D eigenvalue weighted by Crippen LogP contribution is 2.20. The molecule has 0 aliphatic rings. The van der Waals surface area contributed by atoms with Crippen molar-refractivity contribution in [1.29, 1.82) is 0 Å². The van der Waals surface area contributed by atoms with Crippen LogP contribution in [0.1, 0.15) is 32.3 Å². The van der Waals surface area contributed by atoms with Gasteiger partial charge >= 0.3 is 0 Å². The summed E-state index contributed by atoms with van der Waals surface area (Å²) >= 11 is 0. The number of nitrogens with one attached hydrogen (secondary N) is 2. The van der Waals surface area contributed by atoms with Gasteiger partial charge in [0.25, 0.3) is 10.0 Å². The molecule has 0 radical (unpaired) electrons. The van der Waals surface area contributed by atoms with Crippen LogP contribution in [0, 0.1) is 0 Å². The zero-order valence-corrected chi connectivity index (χ0v) is 12.2. The van der Waals surface area contributed by atoms with Gasteiger partial charge in [0.1, 0.15) is 0 Å². The van der Waals surface area contributed by atoms with Crippen molar-refractivity contribution >= 4 is 10.0 Å². The van der Waals surface area contributed by atoms with Crippen LogP contribution in [0.3, 0.4) is 0 Å². The monoisotopic (exact) mass is 274 g/mol. The molecule has 0 fully saturated rings. The topological polar surface area (TPSA) is 78.1 Å². The molecular formula is C11H22N4O2S. The lowest BCUT2D eigenvalue weighted by Gasteiger charge is -2.25. The summed E-state index contributed by atoms with van der Waals surface area (Å²) < 4.78 is 26.4. The molecule has 1 aromatic heterocycles.